The fourth-order valence-electron chi connectivity index (χ4n) is 3.35. The predicted octanol–water partition coefficient (Wildman–Crippen LogP) is 2.74. The number of rotatable bonds is 6. The second kappa shape index (κ2) is 9.34. The Morgan fingerprint density at radius 3 is 2.45 bits per heavy atom. The summed E-state index contributed by atoms with van der Waals surface area (Å²) in [5, 5.41) is 12.1. The summed E-state index contributed by atoms with van der Waals surface area (Å²) in [5.41, 5.74) is 2.67. The summed E-state index contributed by atoms with van der Waals surface area (Å²) in [6.45, 7) is 3.97. The number of benzene rings is 2. The number of morpholine rings is 1. The number of hydrogen-bond acceptors (Lipinski definition) is 4. The molecule has 0 aliphatic carbocycles. The van der Waals surface area contributed by atoms with E-state index >= 15 is 0 Å². The summed E-state index contributed by atoms with van der Waals surface area (Å²) < 4.78 is 5.29. The van der Waals surface area contributed by atoms with Crippen LogP contribution in [0.5, 0.6) is 0 Å². The van der Waals surface area contributed by atoms with Gasteiger partial charge in [0.25, 0.3) is 5.91 Å². The number of ether oxygens (including phenoxy) is 1. The van der Waals surface area contributed by atoms with Gasteiger partial charge in [-0.05, 0) is 42.7 Å². The van der Waals surface area contributed by atoms with Crippen LogP contribution in [0.2, 0.25) is 0 Å². The van der Waals surface area contributed by atoms with Crippen molar-refractivity contribution in [2.45, 2.75) is 19.8 Å². The fraction of sp³-hybridized carbons (Fsp3) is 0.318. The molecule has 1 saturated heterocycles. The molecular formula is C22H24N2O5. The molecule has 29 heavy (non-hydrogen) atoms. The van der Waals surface area contributed by atoms with Gasteiger partial charge < -0.3 is 20.1 Å². The number of aromatic carboxylic acids is 1. The topological polar surface area (TPSA) is 95.9 Å². The largest absolute Gasteiger partial charge is 0.478 e. The molecule has 2 aromatic rings. The Kier molecular flexibility index (Phi) is 6.61. The van der Waals surface area contributed by atoms with Gasteiger partial charge in [0, 0.05) is 30.8 Å². The Morgan fingerprint density at radius 2 is 1.72 bits per heavy atom. The van der Waals surface area contributed by atoms with Gasteiger partial charge in [-0.25, -0.2) is 4.79 Å². The summed E-state index contributed by atoms with van der Waals surface area (Å²) in [6.07, 6.45) is 0.463. The van der Waals surface area contributed by atoms with Gasteiger partial charge in [0.2, 0.25) is 5.91 Å². The first-order chi connectivity index (χ1) is 14.0. The number of carboxylic acid groups (broad SMARTS) is 1. The van der Waals surface area contributed by atoms with E-state index in [1.54, 1.807) is 41.3 Å². The summed E-state index contributed by atoms with van der Waals surface area (Å²) in [4.78, 5) is 38.2. The number of carboxylic acids is 1. The highest BCUT2D eigenvalue weighted by Gasteiger charge is 2.21. The minimum absolute atomic E-state index is 0.0720. The molecule has 3 rings (SSSR count). The predicted molar refractivity (Wildman–Crippen MR) is 108 cm³/mol. The van der Waals surface area contributed by atoms with Gasteiger partial charge in [-0.2, -0.15) is 0 Å². The van der Waals surface area contributed by atoms with Gasteiger partial charge >= 0.3 is 5.97 Å². The van der Waals surface area contributed by atoms with Crippen LogP contribution in [0.25, 0.3) is 0 Å². The molecule has 0 radical (unpaired) electrons. The third-order valence-corrected chi connectivity index (χ3v) is 5.01. The van der Waals surface area contributed by atoms with Crippen molar-refractivity contribution in [3.8, 4) is 0 Å². The Hall–Kier alpha value is -3.19. The van der Waals surface area contributed by atoms with Crippen LogP contribution in [0.1, 0.15) is 38.3 Å². The molecule has 0 atom stereocenters. The van der Waals surface area contributed by atoms with Gasteiger partial charge in [-0.15, -0.1) is 0 Å². The first-order valence-corrected chi connectivity index (χ1v) is 9.55. The summed E-state index contributed by atoms with van der Waals surface area (Å²) in [5.74, 6) is -1.31. The summed E-state index contributed by atoms with van der Waals surface area (Å²) in [6, 6.07) is 11.9. The van der Waals surface area contributed by atoms with Crippen molar-refractivity contribution in [1.82, 2.24) is 4.90 Å². The van der Waals surface area contributed by atoms with E-state index in [1.165, 1.54) is 6.07 Å². The zero-order valence-corrected chi connectivity index (χ0v) is 16.3. The maximum absolute atomic E-state index is 12.8. The molecular weight excluding hydrogens is 372 g/mol. The van der Waals surface area contributed by atoms with E-state index < -0.39 is 5.97 Å². The molecule has 1 fully saturated rings. The molecule has 2 amide bonds. The Balaban J connectivity index is 1.66. The van der Waals surface area contributed by atoms with Crippen molar-refractivity contribution in [2.24, 2.45) is 0 Å². The highest BCUT2D eigenvalue weighted by atomic mass is 16.5. The third kappa shape index (κ3) is 5.00. The van der Waals surface area contributed by atoms with Crippen molar-refractivity contribution in [3.05, 3.63) is 64.7 Å². The maximum Gasteiger partial charge on any atom is 0.335 e. The van der Waals surface area contributed by atoms with Crippen molar-refractivity contribution in [2.75, 3.05) is 31.6 Å². The van der Waals surface area contributed by atoms with Crippen LogP contribution in [-0.4, -0.2) is 54.1 Å². The SMILES string of the molecule is Cc1c(NC(=O)CCc2ccccc2C(=O)O)cccc1C(=O)N1CCOCC1. The average molecular weight is 396 g/mol. The number of carbonyl (C=O) groups is 3. The van der Waals surface area contributed by atoms with Gasteiger partial charge in [0.05, 0.1) is 18.8 Å². The van der Waals surface area contributed by atoms with Crippen molar-refractivity contribution >= 4 is 23.5 Å². The highest BCUT2D eigenvalue weighted by Crippen LogP contribution is 2.21. The maximum atomic E-state index is 12.8. The monoisotopic (exact) mass is 396 g/mol. The van der Waals surface area contributed by atoms with Crippen LogP contribution < -0.4 is 5.32 Å². The lowest BCUT2D eigenvalue weighted by Crippen LogP contribution is -2.41. The van der Waals surface area contributed by atoms with E-state index in [0.717, 1.165) is 0 Å². The number of nitrogens with one attached hydrogen (secondary N) is 1. The van der Waals surface area contributed by atoms with Gasteiger partial charge in [-0.3, -0.25) is 9.59 Å². The molecule has 0 spiro atoms. The number of aryl methyl sites for hydroxylation is 1. The van der Waals surface area contributed by atoms with Crippen LogP contribution in [0.3, 0.4) is 0 Å². The van der Waals surface area contributed by atoms with Crippen LogP contribution in [0.15, 0.2) is 42.5 Å². The Bertz CT molecular complexity index is 919. The number of anilines is 1. The molecule has 0 saturated carbocycles. The minimum Gasteiger partial charge on any atom is -0.478 e. The van der Waals surface area contributed by atoms with E-state index in [9.17, 15) is 19.5 Å². The lowest BCUT2D eigenvalue weighted by Gasteiger charge is -2.27. The molecule has 1 aliphatic rings. The highest BCUT2D eigenvalue weighted by molar-refractivity contribution is 5.99. The third-order valence-electron chi connectivity index (χ3n) is 5.01. The van der Waals surface area contributed by atoms with Gasteiger partial charge in [0.1, 0.15) is 0 Å². The van der Waals surface area contributed by atoms with E-state index in [-0.39, 0.29) is 23.8 Å². The molecule has 0 aromatic heterocycles. The van der Waals surface area contributed by atoms with E-state index in [4.69, 9.17) is 4.74 Å². The quantitative estimate of drug-likeness (QED) is 0.783. The standard InChI is InChI=1S/C22H24N2O5/c1-15-17(21(26)24-11-13-29-14-12-24)7-4-8-19(15)23-20(25)10-9-16-5-2-3-6-18(16)22(27)28/h2-8H,9-14H2,1H3,(H,23,25)(H,27,28). The molecule has 2 aromatic carbocycles. The van der Waals surface area contributed by atoms with Crippen molar-refractivity contribution in [1.29, 1.82) is 0 Å². The fourth-order valence-corrected chi connectivity index (χ4v) is 3.35. The Morgan fingerprint density at radius 1 is 1.03 bits per heavy atom. The summed E-state index contributed by atoms with van der Waals surface area (Å²) in [7, 11) is 0. The first-order valence-electron chi connectivity index (χ1n) is 9.55. The smallest absolute Gasteiger partial charge is 0.335 e. The van der Waals surface area contributed by atoms with Gasteiger partial charge in [0.15, 0.2) is 0 Å². The minimum atomic E-state index is -1.01. The van der Waals surface area contributed by atoms with Gasteiger partial charge in [-0.1, -0.05) is 24.3 Å². The second-order valence-electron chi connectivity index (χ2n) is 6.89. The molecule has 7 nitrogen and oxygen atoms in total. The lowest BCUT2D eigenvalue weighted by molar-refractivity contribution is -0.116. The summed E-state index contributed by atoms with van der Waals surface area (Å²) >= 11 is 0. The van der Waals surface area contributed by atoms with E-state index in [1.807, 2.05) is 6.92 Å². The molecule has 152 valence electrons. The van der Waals surface area contributed by atoms with E-state index in [0.29, 0.717) is 55.1 Å². The Labute approximate surface area is 169 Å². The molecule has 1 heterocycles. The number of hydrogen-bond donors (Lipinski definition) is 2. The van der Waals surface area contributed by atoms with Crippen LogP contribution in [0.4, 0.5) is 5.69 Å². The number of nitrogens with zero attached hydrogens (tertiary/aromatic N) is 1. The lowest BCUT2D eigenvalue weighted by atomic mass is 10.0. The molecule has 7 heteroatoms. The second-order valence-corrected chi connectivity index (χ2v) is 6.89. The number of amides is 2. The molecule has 0 unspecified atom stereocenters. The van der Waals surface area contributed by atoms with Crippen LogP contribution in [0, 0.1) is 6.92 Å². The zero-order valence-electron chi connectivity index (χ0n) is 16.3. The molecule has 2 N–H and O–H groups in total. The molecule has 1 aliphatic heterocycles. The van der Waals surface area contributed by atoms with Crippen LogP contribution in [-0.2, 0) is 16.0 Å². The van der Waals surface area contributed by atoms with Crippen molar-refractivity contribution in [3.63, 3.8) is 0 Å². The zero-order chi connectivity index (χ0) is 20.8. The molecule has 0 bridgehead atoms. The van der Waals surface area contributed by atoms with E-state index in [2.05, 4.69) is 5.32 Å². The van der Waals surface area contributed by atoms with Crippen molar-refractivity contribution < 1.29 is 24.2 Å². The first kappa shape index (κ1) is 20.5. The normalized spacial score (nSPS) is 13.8. The number of carbonyl (C=O) groups excluding carboxylic acids is 2. The van der Waals surface area contributed by atoms with Crippen LogP contribution >= 0.6 is 0 Å². The average Bonchev–Trinajstić information content (AvgIpc) is 2.74.